The molecular weight excluding hydrogens is 535 g/mol. The van der Waals surface area contributed by atoms with Crippen LogP contribution in [0.5, 0.6) is 5.75 Å². The Labute approximate surface area is 226 Å². The minimum atomic E-state index is -4.76. The number of anilines is 1. The van der Waals surface area contributed by atoms with Gasteiger partial charge in [0.1, 0.15) is 30.4 Å². The highest BCUT2D eigenvalue weighted by atomic mass is 19.4. The van der Waals surface area contributed by atoms with Crippen molar-refractivity contribution in [2.24, 2.45) is 0 Å². The number of imidazole rings is 1. The zero-order valence-electron chi connectivity index (χ0n) is 21.7. The summed E-state index contributed by atoms with van der Waals surface area (Å²) in [5, 5.41) is 4.32. The first-order valence-electron chi connectivity index (χ1n) is 12.1. The first kappa shape index (κ1) is 27.6. The number of hydrogen-bond acceptors (Lipinski definition) is 8. The summed E-state index contributed by atoms with van der Waals surface area (Å²) in [6.07, 6.45) is -6.46. The summed E-state index contributed by atoms with van der Waals surface area (Å²) in [5.41, 5.74) is 2.53. The van der Waals surface area contributed by atoms with Crippen LogP contribution in [0.2, 0.25) is 0 Å². The van der Waals surface area contributed by atoms with Gasteiger partial charge in [-0.25, -0.2) is 9.78 Å². The summed E-state index contributed by atoms with van der Waals surface area (Å²) >= 11 is 0. The molecule has 5 rings (SSSR count). The average molecular weight is 562 g/mol. The highest BCUT2D eigenvalue weighted by molar-refractivity contribution is 6.06. The topological polar surface area (TPSA) is 102 Å². The second kappa shape index (κ2) is 11.3. The van der Waals surface area contributed by atoms with Crippen molar-refractivity contribution < 1.29 is 46.4 Å². The number of carbonyl (C=O) groups excluding carboxylic acids is 1. The summed E-state index contributed by atoms with van der Waals surface area (Å²) in [4.78, 5) is 17.2. The van der Waals surface area contributed by atoms with Crippen molar-refractivity contribution in [2.75, 3.05) is 33.3 Å². The molecule has 0 saturated carbocycles. The molecule has 13 heteroatoms. The van der Waals surface area contributed by atoms with E-state index >= 15 is 0 Å². The molecule has 2 heterocycles. The number of benzene rings is 3. The van der Waals surface area contributed by atoms with Crippen molar-refractivity contribution >= 4 is 33.6 Å². The molecule has 0 aliphatic carbocycles. The van der Waals surface area contributed by atoms with Gasteiger partial charge in [0.15, 0.2) is 0 Å². The summed E-state index contributed by atoms with van der Waals surface area (Å²) in [6, 6.07) is 14.5. The minimum Gasteiger partial charge on any atom is -0.416 e. The van der Waals surface area contributed by atoms with Crippen LogP contribution in [0, 0.1) is 0 Å². The molecule has 10 nitrogen and oxygen atoms in total. The standard InChI is InChI=1S/C27H26F3N3O7/c1-35-21-13-38-25(24(37-3)23(21)36-2)39-26(34)32-16-5-10-19-15(12-16)4-11-20-22(19)31-14-33(20)17-6-8-18(9-7-17)40-27(28,29)30/h4-12,14,21,23-25H,13H2,1-3H3,(H,32,34)/t21-,23+,24-,25+/m0/s1. The molecule has 1 aromatic heterocycles. The molecule has 1 amide bonds. The van der Waals surface area contributed by atoms with Gasteiger partial charge in [0.2, 0.25) is 6.29 Å². The quantitative estimate of drug-likeness (QED) is 0.336. The van der Waals surface area contributed by atoms with Crippen LogP contribution in [-0.4, -0.2) is 74.5 Å². The lowest BCUT2D eigenvalue weighted by Gasteiger charge is -2.39. The second-order valence-corrected chi connectivity index (χ2v) is 8.93. The Hall–Kier alpha value is -3.91. The Morgan fingerprint density at radius 2 is 1.75 bits per heavy atom. The zero-order chi connectivity index (χ0) is 28.4. The van der Waals surface area contributed by atoms with Crippen molar-refractivity contribution in [2.45, 2.75) is 31.0 Å². The molecule has 4 atom stereocenters. The SMILES string of the molecule is CO[C@@H]1[C@@H](OC(=O)Nc2ccc3c(ccc4c3ncn4-c3ccc(OC(F)(F)F)cc3)c2)OC[C@H](OC)[C@H]1OC. The Balaban J connectivity index is 1.31. The number of nitrogens with zero attached hydrogens (tertiary/aromatic N) is 2. The van der Waals surface area contributed by atoms with Crippen LogP contribution >= 0.6 is 0 Å². The number of carbonyl (C=O) groups is 1. The van der Waals surface area contributed by atoms with Crippen LogP contribution < -0.4 is 10.1 Å². The third-order valence-corrected chi connectivity index (χ3v) is 6.58. The molecule has 1 aliphatic heterocycles. The number of rotatable bonds is 7. The minimum absolute atomic E-state index is 0.164. The van der Waals surface area contributed by atoms with Gasteiger partial charge in [0, 0.05) is 38.1 Å². The molecule has 0 spiro atoms. The Kier molecular flexibility index (Phi) is 7.81. The molecule has 1 N–H and O–H groups in total. The number of amides is 1. The normalized spacial score (nSPS) is 21.4. The summed E-state index contributed by atoms with van der Waals surface area (Å²) in [5.74, 6) is -0.310. The first-order valence-corrected chi connectivity index (χ1v) is 12.1. The number of methoxy groups -OCH3 is 3. The van der Waals surface area contributed by atoms with Crippen LogP contribution in [0.4, 0.5) is 23.7 Å². The molecule has 3 aromatic carbocycles. The summed E-state index contributed by atoms with van der Waals surface area (Å²) in [6.45, 7) is 0.164. The molecule has 1 aliphatic rings. The molecule has 0 unspecified atom stereocenters. The van der Waals surface area contributed by atoms with Gasteiger partial charge in [-0.05, 0) is 47.9 Å². The molecule has 0 radical (unpaired) electrons. The Morgan fingerprint density at radius 1 is 1.00 bits per heavy atom. The van der Waals surface area contributed by atoms with Crippen LogP contribution in [0.1, 0.15) is 0 Å². The van der Waals surface area contributed by atoms with E-state index in [1.165, 1.54) is 45.6 Å². The number of hydrogen-bond donors (Lipinski definition) is 1. The van der Waals surface area contributed by atoms with E-state index in [0.29, 0.717) is 16.9 Å². The maximum Gasteiger partial charge on any atom is 0.573 e. The maximum absolute atomic E-state index is 12.7. The van der Waals surface area contributed by atoms with E-state index in [1.54, 1.807) is 23.0 Å². The van der Waals surface area contributed by atoms with Crippen molar-refractivity contribution in [3.8, 4) is 11.4 Å². The van der Waals surface area contributed by atoms with Crippen LogP contribution in [0.3, 0.4) is 0 Å². The van der Waals surface area contributed by atoms with Crippen molar-refractivity contribution in [3.63, 3.8) is 0 Å². The largest absolute Gasteiger partial charge is 0.573 e. The van der Waals surface area contributed by atoms with Gasteiger partial charge in [-0.3, -0.25) is 9.88 Å². The summed E-state index contributed by atoms with van der Waals surface area (Å²) < 4.78 is 70.5. The van der Waals surface area contributed by atoms with Crippen molar-refractivity contribution in [3.05, 3.63) is 60.9 Å². The van der Waals surface area contributed by atoms with E-state index in [-0.39, 0.29) is 18.5 Å². The average Bonchev–Trinajstić information content (AvgIpc) is 3.36. The van der Waals surface area contributed by atoms with Gasteiger partial charge < -0.3 is 28.4 Å². The third kappa shape index (κ3) is 5.68. The van der Waals surface area contributed by atoms with Gasteiger partial charge in [-0.15, -0.1) is 13.2 Å². The first-order chi connectivity index (χ1) is 19.2. The Morgan fingerprint density at radius 3 is 2.42 bits per heavy atom. The van der Waals surface area contributed by atoms with Gasteiger partial charge >= 0.3 is 12.5 Å². The van der Waals surface area contributed by atoms with Gasteiger partial charge in [-0.1, -0.05) is 12.1 Å². The van der Waals surface area contributed by atoms with Gasteiger partial charge in [0.25, 0.3) is 0 Å². The molecule has 40 heavy (non-hydrogen) atoms. The van der Waals surface area contributed by atoms with E-state index in [1.807, 2.05) is 18.2 Å². The van der Waals surface area contributed by atoms with Crippen LogP contribution in [0.15, 0.2) is 60.9 Å². The van der Waals surface area contributed by atoms with Gasteiger partial charge in [-0.2, -0.15) is 0 Å². The van der Waals surface area contributed by atoms with Crippen LogP contribution in [-0.2, 0) is 23.7 Å². The van der Waals surface area contributed by atoms with E-state index < -0.39 is 31.0 Å². The van der Waals surface area contributed by atoms with E-state index in [0.717, 1.165) is 16.3 Å². The lowest BCUT2D eigenvalue weighted by Crippen LogP contribution is -2.56. The van der Waals surface area contributed by atoms with Gasteiger partial charge in [0.05, 0.1) is 17.6 Å². The predicted octanol–water partition coefficient (Wildman–Crippen LogP) is 5.03. The molecule has 1 saturated heterocycles. The Bertz CT molecular complexity index is 1490. The van der Waals surface area contributed by atoms with Crippen molar-refractivity contribution in [1.82, 2.24) is 9.55 Å². The lowest BCUT2D eigenvalue weighted by molar-refractivity contribution is -0.274. The molecule has 1 fully saturated rings. The van der Waals surface area contributed by atoms with E-state index in [2.05, 4.69) is 15.0 Å². The number of nitrogens with one attached hydrogen (secondary N) is 1. The fourth-order valence-corrected chi connectivity index (χ4v) is 4.73. The molecule has 212 valence electrons. The fourth-order valence-electron chi connectivity index (χ4n) is 4.73. The fraction of sp³-hybridized carbons (Fsp3) is 0.333. The van der Waals surface area contributed by atoms with E-state index in [4.69, 9.17) is 23.7 Å². The zero-order valence-corrected chi connectivity index (χ0v) is 21.7. The number of alkyl halides is 3. The highest BCUT2D eigenvalue weighted by Crippen LogP contribution is 2.30. The number of halogens is 3. The number of fused-ring (bicyclic) bond motifs is 3. The number of aromatic nitrogens is 2. The second-order valence-electron chi connectivity index (χ2n) is 8.93. The maximum atomic E-state index is 12.7. The monoisotopic (exact) mass is 561 g/mol. The smallest absolute Gasteiger partial charge is 0.416 e. The lowest BCUT2D eigenvalue weighted by atomic mass is 10.0. The predicted molar refractivity (Wildman–Crippen MR) is 137 cm³/mol. The molecule has 4 aromatic rings. The number of ether oxygens (including phenoxy) is 6. The molecular formula is C27H26F3N3O7. The van der Waals surface area contributed by atoms with E-state index in [9.17, 15) is 18.0 Å². The van der Waals surface area contributed by atoms with Crippen molar-refractivity contribution in [1.29, 1.82) is 0 Å². The highest BCUT2D eigenvalue weighted by Gasteiger charge is 2.43. The molecule has 0 bridgehead atoms. The van der Waals surface area contributed by atoms with Crippen LogP contribution in [0.25, 0.3) is 27.5 Å². The summed E-state index contributed by atoms with van der Waals surface area (Å²) in [7, 11) is 4.52. The third-order valence-electron chi connectivity index (χ3n) is 6.58.